The Morgan fingerprint density at radius 1 is 1.16 bits per heavy atom. The maximum absolute atomic E-state index is 13.0. The minimum Gasteiger partial charge on any atom is -0.423 e. The number of benzene rings is 2. The number of fused-ring (bicyclic) bond motifs is 2. The Morgan fingerprint density at radius 2 is 2.00 bits per heavy atom. The first-order chi connectivity index (χ1) is 12.1. The van der Waals surface area contributed by atoms with Gasteiger partial charge >= 0.3 is 5.97 Å². The van der Waals surface area contributed by atoms with E-state index < -0.39 is 0 Å². The van der Waals surface area contributed by atoms with Crippen molar-refractivity contribution in [3.63, 3.8) is 0 Å². The van der Waals surface area contributed by atoms with Gasteiger partial charge in [-0.25, -0.2) is 4.79 Å². The van der Waals surface area contributed by atoms with E-state index in [0.717, 1.165) is 36.3 Å². The van der Waals surface area contributed by atoms with E-state index in [1.807, 2.05) is 47.1 Å². The van der Waals surface area contributed by atoms with Gasteiger partial charge in [0.25, 0.3) is 0 Å². The van der Waals surface area contributed by atoms with Crippen LogP contribution in [0.4, 0.5) is 11.4 Å². The molecule has 25 heavy (non-hydrogen) atoms. The Hall–Kier alpha value is -2.82. The number of para-hydroxylation sites is 1. The van der Waals surface area contributed by atoms with Crippen LogP contribution in [-0.2, 0) is 16.0 Å². The van der Waals surface area contributed by atoms with Crippen LogP contribution in [0, 0.1) is 6.92 Å². The van der Waals surface area contributed by atoms with Gasteiger partial charge in [0.2, 0.25) is 5.91 Å². The number of esters is 1. The zero-order valence-corrected chi connectivity index (χ0v) is 14.2. The average molecular weight is 336 g/mol. The summed E-state index contributed by atoms with van der Waals surface area (Å²) in [6, 6.07) is 13.7. The van der Waals surface area contributed by atoms with E-state index in [4.69, 9.17) is 4.74 Å². The Bertz CT molecular complexity index is 847. The number of anilines is 2. The van der Waals surface area contributed by atoms with Crippen LogP contribution in [-0.4, -0.2) is 31.5 Å². The van der Waals surface area contributed by atoms with E-state index in [9.17, 15) is 9.59 Å². The summed E-state index contributed by atoms with van der Waals surface area (Å²) in [6.07, 6.45) is 1.96. The zero-order valence-electron chi connectivity index (χ0n) is 14.2. The molecule has 2 aromatic rings. The molecule has 0 N–H and O–H groups in total. The second kappa shape index (κ2) is 6.24. The largest absolute Gasteiger partial charge is 0.423 e. The van der Waals surface area contributed by atoms with E-state index in [1.54, 1.807) is 6.07 Å². The second-order valence-corrected chi connectivity index (χ2v) is 6.58. The zero-order chi connectivity index (χ0) is 17.4. The van der Waals surface area contributed by atoms with Crippen molar-refractivity contribution in [2.75, 3.05) is 29.4 Å². The van der Waals surface area contributed by atoms with Gasteiger partial charge in [0.1, 0.15) is 6.54 Å². The SMILES string of the molecule is Cc1ccc2c(c1)N(CC(=O)N1CCCc3ccccc31)CC(=O)O2. The van der Waals surface area contributed by atoms with Gasteiger partial charge in [-0.15, -0.1) is 0 Å². The number of carbonyl (C=O) groups is 2. The summed E-state index contributed by atoms with van der Waals surface area (Å²) in [4.78, 5) is 28.5. The van der Waals surface area contributed by atoms with Crippen molar-refractivity contribution in [1.29, 1.82) is 0 Å². The van der Waals surface area contributed by atoms with Gasteiger partial charge in [0, 0.05) is 12.2 Å². The van der Waals surface area contributed by atoms with Gasteiger partial charge in [-0.2, -0.15) is 0 Å². The molecule has 0 aliphatic carbocycles. The van der Waals surface area contributed by atoms with Crippen molar-refractivity contribution < 1.29 is 14.3 Å². The minimum atomic E-state index is -0.330. The molecule has 2 aliphatic heterocycles. The summed E-state index contributed by atoms with van der Waals surface area (Å²) in [5.41, 5.74) is 4.06. The molecule has 4 rings (SSSR count). The molecule has 2 heterocycles. The van der Waals surface area contributed by atoms with Crippen LogP contribution < -0.4 is 14.5 Å². The number of hydrogen-bond donors (Lipinski definition) is 0. The summed E-state index contributed by atoms with van der Waals surface area (Å²) >= 11 is 0. The monoisotopic (exact) mass is 336 g/mol. The molecule has 0 bridgehead atoms. The van der Waals surface area contributed by atoms with Crippen molar-refractivity contribution in [2.24, 2.45) is 0 Å². The Balaban J connectivity index is 1.60. The molecule has 5 heteroatoms. The fraction of sp³-hybridized carbons (Fsp3) is 0.300. The number of nitrogens with zero attached hydrogens (tertiary/aromatic N) is 2. The highest BCUT2D eigenvalue weighted by molar-refractivity contribution is 5.99. The van der Waals surface area contributed by atoms with Crippen molar-refractivity contribution in [1.82, 2.24) is 0 Å². The summed E-state index contributed by atoms with van der Waals surface area (Å²) in [6.45, 7) is 2.96. The van der Waals surface area contributed by atoms with Crippen LogP contribution in [0.15, 0.2) is 42.5 Å². The molecule has 5 nitrogen and oxygen atoms in total. The molecular weight excluding hydrogens is 316 g/mol. The summed E-state index contributed by atoms with van der Waals surface area (Å²) in [5, 5.41) is 0. The van der Waals surface area contributed by atoms with Crippen LogP contribution in [0.2, 0.25) is 0 Å². The lowest BCUT2D eigenvalue weighted by molar-refractivity contribution is -0.133. The third kappa shape index (κ3) is 2.97. The van der Waals surface area contributed by atoms with E-state index in [2.05, 4.69) is 6.07 Å². The maximum atomic E-state index is 13.0. The molecule has 0 aromatic heterocycles. The van der Waals surface area contributed by atoms with E-state index in [0.29, 0.717) is 5.75 Å². The number of aryl methyl sites for hydroxylation is 2. The first-order valence-electron chi connectivity index (χ1n) is 8.56. The lowest BCUT2D eigenvalue weighted by Crippen LogP contribution is -2.46. The highest BCUT2D eigenvalue weighted by atomic mass is 16.5. The third-order valence-electron chi connectivity index (χ3n) is 4.74. The van der Waals surface area contributed by atoms with E-state index in [1.165, 1.54) is 5.56 Å². The highest BCUT2D eigenvalue weighted by Gasteiger charge is 2.29. The topological polar surface area (TPSA) is 49.9 Å². The fourth-order valence-corrected chi connectivity index (χ4v) is 3.54. The summed E-state index contributed by atoms with van der Waals surface area (Å²) in [7, 11) is 0. The number of amides is 1. The van der Waals surface area contributed by atoms with Crippen LogP contribution >= 0.6 is 0 Å². The number of rotatable bonds is 2. The van der Waals surface area contributed by atoms with E-state index >= 15 is 0 Å². The van der Waals surface area contributed by atoms with Gasteiger partial charge < -0.3 is 14.5 Å². The summed E-state index contributed by atoms with van der Waals surface area (Å²) in [5.74, 6) is 0.200. The fourth-order valence-electron chi connectivity index (χ4n) is 3.54. The second-order valence-electron chi connectivity index (χ2n) is 6.58. The normalized spacial score (nSPS) is 16.1. The van der Waals surface area contributed by atoms with Crippen LogP contribution in [0.1, 0.15) is 17.5 Å². The standard InChI is InChI=1S/C20H20N2O3/c1-14-8-9-18-17(11-14)21(13-20(24)25-18)12-19(23)22-10-4-6-15-5-2-3-7-16(15)22/h2-3,5,7-9,11H,4,6,10,12-13H2,1H3. The lowest BCUT2D eigenvalue weighted by atomic mass is 10.0. The molecule has 2 aliphatic rings. The molecule has 2 aromatic carbocycles. The minimum absolute atomic E-state index is 0.00862. The lowest BCUT2D eigenvalue weighted by Gasteiger charge is -2.34. The van der Waals surface area contributed by atoms with Gasteiger partial charge in [0.05, 0.1) is 12.2 Å². The number of hydrogen-bond acceptors (Lipinski definition) is 4. The van der Waals surface area contributed by atoms with Crippen molar-refractivity contribution in [2.45, 2.75) is 19.8 Å². The predicted octanol–water partition coefficient (Wildman–Crippen LogP) is 2.70. The molecule has 0 atom stereocenters. The third-order valence-corrected chi connectivity index (χ3v) is 4.74. The van der Waals surface area contributed by atoms with Gasteiger partial charge in [-0.3, -0.25) is 4.79 Å². The van der Waals surface area contributed by atoms with Crippen molar-refractivity contribution in [3.8, 4) is 5.75 Å². The molecule has 0 saturated heterocycles. The molecule has 0 fully saturated rings. The van der Waals surface area contributed by atoms with Crippen LogP contribution in [0.3, 0.4) is 0 Å². The molecule has 0 unspecified atom stereocenters. The highest BCUT2D eigenvalue weighted by Crippen LogP contribution is 2.33. The first kappa shape index (κ1) is 15.7. The Morgan fingerprint density at radius 3 is 2.88 bits per heavy atom. The molecular formula is C20H20N2O3. The quantitative estimate of drug-likeness (QED) is 0.625. The smallest absolute Gasteiger partial charge is 0.331 e. The number of ether oxygens (including phenoxy) is 1. The average Bonchev–Trinajstić information content (AvgIpc) is 2.61. The van der Waals surface area contributed by atoms with Gasteiger partial charge in [0.15, 0.2) is 5.75 Å². The predicted molar refractivity (Wildman–Crippen MR) is 96.1 cm³/mol. The molecule has 0 radical (unpaired) electrons. The molecule has 1 amide bonds. The van der Waals surface area contributed by atoms with E-state index in [-0.39, 0.29) is 25.0 Å². The van der Waals surface area contributed by atoms with Gasteiger partial charge in [-0.05, 0) is 49.1 Å². The first-order valence-corrected chi connectivity index (χ1v) is 8.56. The molecule has 0 saturated carbocycles. The van der Waals surface area contributed by atoms with Crippen molar-refractivity contribution >= 4 is 23.3 Å². The van der Waals surface area contributed by atoms with Crippen LogP contribution in [0.25, 0.3) is 0 Å². The van der Waals surface area contributed by atoms with Gasteiger partial charge in [-0.1, -0.05) is 24.3 Å². The summed E-state index contributed by atoms with van der Waals surface area (Å²) < 4.78 is 5.29. The van der Waals surface area contributed by atoms with Crippen LogP contribution in [0.5, 0.6) is 5.75 Å². The Kier molecular flexibility index (Phi) is 3.92. The maximum Gasteiger partial charge on any atom is 0.331 e. The van der Waals surface area contributed by atoms with Crippen molar-refractivity contribution in [3.05, 3.63) is 53.6 Å². The Labute approximate surface area is 146 Å². The number of carbonyl (C=O) groups excluding carboxylic acids is 2. The molecule has 0 spiro atoms. The molecule has 128 valence electrons.